The van der Waals surface area contributed by atoms with Crippen molar-refractivity contribution in [2.24, 2.45) is 5.14 Å². The first-order valence-electron chi connectivity index (χ1n) is 7.71. The first-order chi connectivity index (χ1) is 13.3. The molecule has 0 amide bonds. The summed E-state index contributed by atoms with van der Waals surface area (Å²) in [5, 5.41) is 19.6. The Bertz CT molecular complexity index is 1250. The van der Waals surface area contributed by atoms with Crippen LogP contribution in [-0.2, 0) is 10.0 Å². The number of non-ortho nitro benzene ring substituents is 1. The fourth-order valence-corrected chi connectivity index (χ4v) is 3.91. The summed E-state index contributed by atoms with van der Waals surface area (Å²) in [7, 11) is -3.86. The highest BCUT2D eigenvalue weighted by molar-refractivity contribution is 7.91. The summed E-state index contributed by atoms with van der Waals surface area (Å²) in [6.07, 6.45) is 1.60. The number of primary sulfonamides is 1. The molecular weight excluding hydrogens is 406 g/mol. The second-order valence-corrected chi connectivity index (χ2v) is 8.33. The van der Waals surface area contributed by atoms with Gasteiger partial charge in [0, 0.05) is 17.7 Å². The van der Waals surface area contributed by atoms with E-state index in [1.807, 2.05) is 0 Å². The van der Waals surface area contributed by atoms with Crippen LogP contribution < -0.4 is 9.88 Å². The molecule has 4 rings (SSSR count). The molecule has 0 aliphatic carbocycles. The topological polar surface area (TPSA) is 143 Å². The Labute approximate surface area is 162 Å². The summed E-state index contributed by atoms with van der Waals surface area (Å²) in [6.45, 7) is 0. The molecule has 0 radical (unpaired) electrons. The minimum atomic E-state index is -3.86. The quantitative estimate of drug-likeness (QED) is 0.388. The van der Waals surface area contributed by atoms with Crippen LogP contribution >= 0.6 is 11.3 Å². The molecule has 0 aliphatic rings. The number of nitrogens with two attached hydrogens (primary N) is 1. The second-order valence-electron chi connectivity index (χ2n) is 5.64. The van der Waals surface area contributed by atoms with E-state index in [0.29, 0.717) is 22.2 Å². The van der Waals surface area contributed by atoms with Gasteiger partial charge in [-0.25, -0.2) is 23.1 Å². The number of nitro groups is 1. The summed E-state index contributed by atoms with van der Waals surface area (Å²) in [4.78, 5) is 15.0. The first-order valence-corrected chi connectivity index (χ1v) is 10.1. The van der Waals surface area contributed by atoms with E-state index in [-0.39, 0.29) is 10.0 Å². The molecule has 28 heavy (non-hydrogen) atoms. The Hall–Kier alpha value is -3.35. The van der Waals surface area contributed by atoms with Crippen LogP contribution in [0.15, 0.2) is 59.1 Å². The molecular formula is C16H11N5O5S2. The molecule has 2 aromatic heterocycles. The van der Waals surface area contributed by atoms with Gasteiger partial charge in [-0.05, 0) is 36.4 Å². The van der Waals surface area contributed by atoms with Gasteiger partial charge in [-0.3, -0.25) is 10.1 Å². The average Bonchev–Trinajstić information content (AvgIpc) is 3.22. The van der Waals surface area contributed by atoms with Crippen LogP contribution in [-0.4, -0.2) is 27.9 Å². The van der Waals surface area contributed by atoms with E-state index in [9.17, 15) is 18.5 Å². The van der Waals surface area contributed by atoms with Crippen LogP contribution in [0.4, 0.5) is 5.69 Å². The summed E-state index contributed by atoms with van der Waals surface area (Å²) in [6, 6.07) is 12.8. The number of imidazole rings is 1. The minimum absolute atomic E-state index is 0.0124. The van der Waals surface area contributed by atoms with Crippen molar-refractivity contribution in [2.75, 3.05) is 0 Å². The average molecular weight is 417 g/mol. The number of nitro benzene ring substituents is 1. The summed E-state index contributed by atoms with van der Waals surface area (Å²) < 4.78 is 29.5. The predicted octanol–water partition coefficient (Wildman–Crippen LogP) is 2.81. The SMILES string of the molecule is NS(=O)(=O)c1nn2cc(-c3ccc(Oc4ccc([N+](=O)[O-])cc4)cc3)nc2s1. The number of nitrogens with zero attached hydrogens (tertiary/aromatic N) is 4. The van der Waals surface area contributed by atoms with Gasteiger partial charge in [0.1, 0.15) is 11.5 Å². The van der Waals surface area contributed by atoms with E-state index >= 15 is 0 Å². The maximum absolute atomic E-state index is 11.3. The molecule has 2 N–H and O–H groups in total. The zero-order valence-corrected chi connectivity index (χ0v) is 15.6. The molecule has 0 spiro atoms. The van der Waals surface area contributed by atoms with Gasteiger partial charge in [0.25, 0.3) is 15.7 Å². The first kappa shape index (κ1) is 18.0. The van der Waals surface area contributed by atoms with Crippen molar-refractivity contribution in [3.63, 3.8) is 0 Å². The van der Waals surface area contributed by atoms with E-state index in [4.69, 9.17) is 9.88 Å². The minimum Gasteiger partial charge on any atom is -0.457 e. The zero-order chi connectivity index (χ0) is 19.9. The summed E-state index contributed by atoms with van der Waals surface area (Å²) >= 11 is 0.883. The molecule has 0 saturated heterocycles. The number of hydrogen-bond donors (Lipinski definition) is 1. The van der Waals surface area contributed by atoms with Gasteiger partial charge in [0.05, 0.1) is 16.8 Å². The van der Waals surface area contributed by atoms with Crippen LogP contribution in [0.1, 0.15) is 0 Å². The van der Waals surface area contributed by atoms with Gasteiger partial charge in [-0.1, -0.05) is 11.3 Å². The standard InChI is InChI=1S/C16H11N5O5S2/c17-28(24,25)16-19-20-9-14(18-15(20)27-16)10-1-5-12(6-2-10)26-13-7-3-11(4-8-13)21(22)23/h1-9H,(H2,17,24,25). The molecule has 0 atom stereocenters. The van der Waals surface area contributed by atoms with Crippen molar-refractivity contribution < 1.29 is 18.1 Å². The maximum Gasteiger partial charge on any atom is 0.269 e. The molecule has 2 aromatic carbocycles. The maximum atomic E-state index is 11.3. The van der Waals surface area contributed by atoms with Crippen LogP contribution in [0.2, 0.25) is 0 Å². The molecule has 12 heteroatoms. The largest absolute Gasteiger partial charge is 0.457 e. The lowest BCUT2D eigenvalue weighted by molar-refractivity contribution is -0.384. The molecule has 2 heterocycles. The van der Waals surface area contributed by atoms with Gasteiger partial charge in [0.15, 0.2) is 0 Å². The van der Waals surface area contributed by atoms with E-state index < -0.39 is 14.9 Å². The number of rotatable bonds is 5. The number of fused-ring (bicyclic) bond motifs is 1. The van der Waals surface area contributed by atoms with Crippen molar-refractivity contribution >= 4 is 32.0 Å². The monoisotopic (exact) mass is 417 g/mol. The highest BCUT2D eigenvalue weighted by Crippen LogP contribution is 2.28. The Kier molecular flexibility index (Phi) is 4.30. The molecule has 0 saturated carbocycles. The Balaban J connectivity index is 1.53. The van der Waals surface area contributed by atoms with E-state index in [1.54, 1.807) is 30.5 Å². The van der Waals surface area contributed by atoms with E-state index in [2.05, 4.69) is 10.1 Å². The molecule has 0 aliphatic heterocycles. The van der Waals surface area contributed by atoms with Gasteiger partial charge in [-0.2, -0.15) is 0 Å². The lowest BCUT2D eigenvalue weighted by atomic mass is 10.1. The molecule has 0 unspecified atom stereocenters. The van der Waals surface area contributed by atoms with Gasteiger partial charge in [0.2, 0.25) is 9.30 Å². The second kappa shape index (κ2) is 6.67. The van der Waals surface area contributed by atoms with E-state index in [0.717, 1.165) is 16.9 Å². The summed E-state index contributed by atoms with van der Waals surface area (Å²) in [5.41, 5.74) is 1.38. The van der Waals surface area contributed by atoms with Crippen molar-refractivity contribution in [1.29, 1.82) is 0 Å². The number of benzene rings is 2. The Morgan fingerprint density at radius 2 is 1.68 bits per heavy atom. The Morgan fingerprint density at radius 3 is 2.21 bits per heavy atom. The lowest BCUT2D eigenvalue weighted by Crippen LogP contribution is -2.12. The molecule has 142 valence electrons. The fraction of sp³-hybridized carbons (Fsp3) is 0. The van der Waals surface area contributed by atoms with Crippen LogP contribution in [0.25, 0.3) is 16.2 Å². The van der Waals surface area contributed by atoms with Crippen molar-refractivity contribution in [3.8, 4) is 22.8 Å². The molecule has 0 fully saturated rings. The summed E-state index contributed by atoms with van der Waals surface area (Å²) in [5.74, 6) is 1.02. The highest BCUT2D eigenvalue weighted by atomic mass is 32.2. The molecule has 0 bridgehead atoms. The third-order valence-electron chi connectivity index (χ3n) is 3.70. The number of aromatic nitrogens is 3. The number of ether oxygens (including phenoxy) is 1. The fourth-order valence-electron chi connectivity index (χ4n) is 2.40. The Morgan fingerprint density at radius 1 is 1.07 bits per heavy atom. The third kappa shape index (κ3) is 3.55. The lowest BCUT2D eigenvalue weighted by Gasteiger charge is -2.06. The van der Waals surface area contributed by atoms with Crippen molar-refractivity contribution in [2.45, 2.75) is 4.34 Å². The van der Waals surface area contributed by atoms with Crippen LogP contribution in [0.3, 0.4) is 0 Å². The van der Waals surface area contributed by atoms with Gasteiger partial charge in [-0.15, -0.1) is 5.10 Å². The van der Waals surface area contributed by atoms with Crippen molar-refractivity contribution in [1.82, 2.24) is 14.6 Å². The zero-order valence-electron chi connectivity index (χ0n) is 13.9. The number of hydrogen-bond acceptors (Lipinski definition) is 8. The van der Waals surface area contributed by atoms with Crippen molar-refractivity contribution in [3.05, 3.63) is 64.8 Å². The van der Waals surface area contributed by atoms with E-state index in [1.165, 1.54) is 28.8 Å². The smallest absolute Gasteiger partial charge is 0.269 e. The molecule has 4 aromatic rings. The van der Waals surface area contributed by atoms with Gasteiger partial charge < -0.3 is 4.74 Å². The predicted molar refractivity (Wildman–Crippen MR) is 101 cm³/mol. The third-order valence-corrected chi connectivity index (χ3v) is 5.93. The normalized spacial score (nSPS) is 11.6. The van der Waals surface area contributed by atoms with Crippen LogP contribution in [0.5, 0.6) is 11.5 Å². The highest BCUT2D eigenvalue weighted by Gasteiger charge is 2.17. The number of sulfonamides is 1. The van der Waals surface area contributed by atoms with Gasteiger partial charge >= 0.3 is 0 Å². The molecule has 10 nitrogen and oxygen atoms in total. The van der Waals surface area contributed by atoms with Crippen LogP contribution in [0, 0.1) is 10.1 Å².